The topological polar surface area (TPSA) is 58.6 Å². The summed E-state index contributed by atoms with van der Waals surface area (Å²) in [5, 5.41) is 0. The lowest BCUT2D eigenvalue weighted by atomic mass is 10.0. The van der Waals surface area contributed by atoms with Gasteiger partial charge in [0.1, 0.15) is 0 Å². The Morgan fingerprint density at radius 1 is 1.32 bits per heavy atom. The molecule has 0 spiro atoms. The van der Waals surface area contributed by atoms with E-state index in [4.69, 9.17) is 4.74 Å². The molecular formula is C16H24N4O2. The Hall–Kier alpha value is -1.85. The van der Waals surface area contributed by atoms with Gasteiger partial charge in [0.15, 0.2) is 0 Å². The molecule has 22 heavy (non-hydrogen) atoms. The predicted octanol–water partition coefficient (Wildman–Crippen LogP) is 1.85. The Morgan fingerprint density at radius 2 is 2.09 bits per heavy atom. The van der Waals surface area contributed by atoms with Crippen molar-refractivity contribution in [2.45, 2.75) is 51.1 Å². The van der Waals surface area contributed by atoms with Gasteiger partial charge >= 0.3 is 0 Å². The molecule has 3 heterocycles. The van der Waals surface area contributed by atoms with Crippen molar-refractivity contribution in [1.82, 2.24) is 14.9 Å². The van der Waals surface area contributed by atoms with Crippen molar-refractivity contribution in [2.24, 2.45) is 0 Å². The number of carbonyl (C=O) groups excluding carboxylic acids is 1. The van der Waals surface area contributed by atoms with Crippen molar-refractivity contribution in [2.75, 3.05) is 25.1 Å². The van der Waals surface area contributed by atoms with Crippen molar-refractivity contribution in [3.8, 4) is 5.88 Å². The van der Waals surface area contributed by atoms with E-state index in [1.54, 1.807) is 19.4 Å². The molecule has 2 atom stereocenters. The Bertz CT molecular complexity index is 537. The summed E-state index contributed by atoms with van der Waals surface area (Å²) in [4.78, 5) is 25.4. The number of amides is 1. The average Bonchev–Trinajstić information content (AvgIpc) is 3.22. The van der Waals surface area contributed by atoms with Crippen LogP contribution >= 0.6 is 0 Å². The zero-order chi connectivity index (χ0) is 15.5. The average molecular weight is 304 g/mol. The lowest BCUT2D eigenvalue weighted by Crippen LogP contribution is -2.48. The first-order valence-electron chi connectivity index (χ1n) is 8.17. The molecule has 2 aliphatic rings. The van der Waals surface area contributed by atoms with Crippen molar-refractivity contribution < 1.29 is 9.53 Å². The van der Waals surface area contributed by atoms with Gasteiger partial charge in [-0.15, -0.1) is 0 Å². The smallest absolute Gasteiger partial charge is 0.228 e. The number of ether oxygens (including phenoxy) is 1. The van der Waals surface area contributed by atoms with Crippen molar-refractivity contribution in [1.29, 1.82) is 0 Å². The van der Waals surface area contributed by atoms with E-state index in [1.807, 2.05) is 6.92 Å². The molecule has 0 N–H and O–H groups in total. The van der Waals surface area contributed by atoms with Crippen molar-refractivity contribution in [3.05, 3.63) is 12.3 Å². The van der Waals surface area contributed by atoms with Gasteiger partial charge in [-0.05, 0) is 25.7 Å². The van der Waals surface area contributed by atoms with Crippen molar-refractivity contribution >= 4 is 11.9 Å². The number of likely N-dealkylation sites (tertiary alicyclic amines) is 1. The van der Waals surface area contributed by atoms with Gasteiger partial charge in [-0.2, -0.15) is 4.98 Å². The molecule has 1 amide bonds. The quantitative estimate of drug-likeness (QED) is 0.849. The minimum absolute atomic E-state index is 0.265. The molecule has 0 unspecified atom stereocenters. The monoisotopic (exact) mass is 304 g/mol. The van der Waals surface area contributed by atoms with Gasteiger partial charge in [-0.25, -0.2) is 4.98 Å². The number of nitrogens with zero attached hydrogens (tertiary/aromatic N) is 4. The van der Waals surface area contributed by atoms with Crippen LogP contribution in [0.5, 0.6) is 5.88 Å². The van der Waals surface area contributed by atoms with Crippen LogP contribution in [0.15, 0.2) is 12.3 Å². The van der Waals surface area contributed by atoms with Gasteiger partial charge in [0.05, 0.1) is 19.2 Å². The zero-order valence-electron chi connectivity index (χ0n) is 13.4. The Balaban J connectivity index is 1.82. The highest BCUT2D eigenvalue weighted by Gasteiger charge is 2.40. The van der Waals surface area contributed by atoms with Crippen LogP contribution in [0.1, 0.15) is 39.0 Å². The third kappa shape index (κ3) is 2.74. The summed E-state index contributed by atoms with van der Waals surface area (Å²) in [6.45, 7) is 3.78. The van der Waals surface area contributed by atoms with E-state index in [9.17, 15) is 4.79 Å². The first-order valence-corrected chi connectivity index (χ1v) is 8.17. The highest BCUT2D eigenvalue weighted by molar-refractivity contribution is 5.76. The molecule has 0 aliphatic carbocycles. The van der Waals surface area contributed by atoms with E-state index >= 15 is 0 Å². The summed E-state index contributed by atoms with van der Waals surface area (Å²) < 4.78 is 5.21. The SMILES string of the molecule is CCC(=O)N1CCC[C@@H]1[C@H]1CCCN1c1nccc(OC)n1. The third-order valence-corrected chi connectivity index (χ3v) is 4.75. The highest BCUT2D eigenvalue weighted by Crippen LogP contribution is 2.32. The van der Waals surface area contributed by atoms with Crippen LogP contribution in [0, 0.1) is 0 Å². The molecule has 0 bridgehead atoms. The first-order chi connectivity index (χ1) is 10.7. The van der Waals surface area contributed by atoms with Gasteiger partial charge < -0.3 is 14.5 Å². The molecule has 120 valence electrons. The Morgan fingerprint density at radius 3 is 2.86 bits per heavy atom. The fourth-order valence-electron chi connectivity index (χ4n) is 3.73. The number of carbonyl (C=O) groups is 1. The molecule has 2 aliphatic heterocycles. The van der Waals surface area contributed by atoms with Crippen LogP contribution in [0.2, 0.25) is 0 Å². The van der Waals surface area contributed by atoms with Crippen LogP contribution in [0.4, 0.5) is 5.95 Å². The van der Waals surface area contributed by atoms with Crippen LogP contribution in [-0.2, 0) is 4.79 Å². The minimum atomic E-state index is 0.265. The Kier molecular flexibility index (Phi) is 4.45. The first kappa shape index (κ1) is 15.1. The standard InChI is InChI=1S/C16H24N4O2/c1-3-15(21)19-10-4-6-12(19)13-7-5-11-20(13)16-17-9-8-14(18-16)22-2/h8-9,12-13H,3-7,10-11H2,1-2H3/t12-,13-/m1/s1. The summed E-state index contributed by atoms with van der Waals surface area (Å²) in [6.07, 6.45) is 6.71. The number of hydrogen-bond donors (Lipinski definition) is 0. The molecule has 2 saturated heterocycles. The second kappa shape index (κ2) is 6.50. The maximum absolute atomic E-state index is 12.2. The van der Waals surface area contributed by atoms with Gasteiger partial charge in [0, 0.05) is 31.8 Å². The molecule has 3 rings (SSSR count). The summed E-state index contributed by atoms with van der Waals surface area (Å²) >= 11 is 0. The maximum atomic E-state index is 12.2. The van der Waals surface area contributed by atoms with Gasteiger partial charge in [-0.1, -0.05) is 6.92 Å². The van der Waals surface area contributed by atoms with E-state index in [0.29, 0.717) is 24.4 Å². The zero-order valence-corrected chi connectivity index (χ0v) is 13.4. The third-order valence-electron chi connectivity index (χ3n) is 4.75. The maximum Gasteiger partial charge on any atom is 0.228 e. The number of anilines is 1. The fourth-order valence-corrected chi connectivity index (χ4v) is 3.73. The largest absolute Gasteiger partial charge is 0.481 e. The molecule has 2 fully saturated rings. The minimum Gasteiger partial charge on any atom is -0.481 e. The number of hydrogen-bond acceptors (Lipinski definition) is 5. The molecule has 6 nitrogen and oxygen atoms in total. The van der Waals surface area contributed by atoms with E-state index in [2.05, 4.69) is 19.8 Å². The van der Waals surface area contributed by atoms with E-state index in [1.165, 1.54) is 0 Å². The molecule has 0 radical (unpaired) electrons. The Labute approximate surface area is 131 Å². The van der Waals surface area contributed by atoms with E-state index < -0.39 is 0 Å². The number of rotatable bonds is 4. The molecule has 0 aromatic carbocycles. The summed E-state index contributed by atoms with van der Waals surface area (Å²) in [5.41, 5.74) is 0. The van der Waals surface area contributed by atoms with E-state index in [-0.39, 0.29) is 5.91 Å². The fraction of sp³-hybridized carbons (Fsp3) is 0.688. The second-order valence-corrected chi connectivity index (χ2v) is 5.95. The second-order valence-electron chi connectivity index (χ2n) is 5.95. The lowest BCUT2D eigenvalue weighted by Gasteiger charge is -2.35. The highest BCUT2D eigenvalue weighted by atomic mass is 16.5. The lowest BCUT2D eigenvalue weighted by molar-refractivity contribution is -0.132. The van der Waals surface area contributed by atoms with Crippen LogP contribution < -0.4 is 9.64 Å². The summed E-state index contributed by atoms with van der Waals surface area (Å²) in [5.74, 6) is 1.57. The summed E-state index contributed by atoms with van der Waals surface area (Å²) in [6, 6.07) is 2.38. The molecule has 1 aromatic heterocycles. The number of methoxy groups -OCH3 is 1. The van der Waals surface area contributed by atoms with Crippen LogP contribution in [-0.4, -0.2) is 53.1 Å². The van der Waals surface area contributed by atoms with E-state index in [0.717, 1.165) is 44.7 Å². The summed E-state index contributed by atoms with van der Waals surface area (Å²) in [7, 11) is 1.62. The molecule has 6 heteroatoms. The molecule has 0 saturated carbocycles. The predicted molar refractivity (Wildman–Crippen MR) is 84.0 cm³/mol. The van der Waals surface area contributed by atoms with Crippen LogP contribution in [0.3, 0.4) is 0 Å². The normalized spacial score (nSPS) is 24.8. The molecule has 1 aromatic rings. The van der Waals surface area contributed by atoms with Gasteiger partial charge in [0.2, 0.25) is 17.7 Å². The van der Waals surface area contributed by atoms with Gasteiger partial charge in [0.25, 0.3) is 0 Å². The molecular weight excluding hydrogens is 280 g/mol. The van der Waals surface area contributed by atoms with Gasteiger partial charge in [-0.3, -0.25) is 4.79 Å². The van der Waals surface area contributed by atoms with Crippen molar-refractivity contribution in [3.63, 3.8) is 0 Å². The number of aromatic nitrogens is 2. The van der Waals surface area contributed by atoms with Crippen LogP contribution in [0.25, 0.3) is 0 Å².